The molecule has 0 saturated carbocycles. The summed E-state index contributed by atoms with van der Waals surface area (Å²) in [5, 5.41) is 0.962. The first-order valence-electron chi connectivity index (χ1n) is 7.80. The maximum absolute atomic E-state index is 13.8. The second-order valence-electron chi connectivity index (χ2n) is 5.94. The number of benzene rings is 2. The molecule has 4 aromatic rings. The fourth-order valence-electron chi connectivity index (χ4n) is 2.71. The van der Waals surface area contributed by atoms with Crippen LogP contribution in [0.25, 0.3) is 20.7 Å². The maximum Gasteiger partial charge on any atom is 0.150 e. The van der Waals surface area contributed by atoms with Crippen LogP contribution in [0.1, 0.15) is 21.0 Å². The summed E-state index contributed by atoms with van der Waals surface area (Å²) in [6, 6.07) is 16.0. The van der Waals surface area contributed by atoms with Crippen LogP contribution in [0.4, 0.5) is 4.39 Å². The van der Waals surface area contributed by atoms with Gasteiger partial charge in [-0.3, -0.25) is 0 Å². The molecule has 24 heavy (non-hydrogen) atoms. The summed E-state index contributed by atoms with van der Waals surface area (Å²) in [5.74, 6) is -0.239. The fourth-order valence-corrected chi connectivity index (χ4v) is 4.81. The van der Waals surface area contributed by atoms with Gasteiger partial charge in [0.1, 0.15) is 11.3 Å². The van der Waals surface area contributed by atoms with Crippen LogP contribution in [0.3, 0.4) is 0 Å². The van der Waals surface area contributed by atoms with E-state index in [9.17, 15) is 4.39 Å². The first kappa shape index (κ1) is 15.5. The third-order valence-electron chi connectivity index (χ3n) is 4.19. The van der Waals surface area contributed by atoms with E-state index in [2.05, 4.69) is 49.2 Å². The van der Waals surface area contributed by atoms with E-state index in [1.807, 2.05) is 6.07 Å². The van der Waals surface area contributed by atoms with Crippen LogP contribution in [0.2, 0.25) is 0 Å². The molecule has 0 aliphatic rings. The van der Waals surface area contributed by atoms with E-state index in [1.54, 1.807) is 28.7 Å². The third kappa shape index (κ3) is 2.87. The molecule has 0 bridgehead atoms. The first-order valence-corrected chi connectivity index (χ1v) is 9.44. The van der Waals surface area contributed by atoms with Gasteiger partial charge in [-0.05, 0) is 54.8 Å². The molecule has 2 aromatic carbocycles. The molecule has 0 atom stereocenters. The third-order valence-corrected chi connectivity index (χ3v) is 6.35. The van der Waals surface area contributed by atoms with Crippen LogP contribution in [-0.4, -0.2) is 4.98 Å². The van der Waals surface area contributed by atoms with Gasteiger partial charge in [-0.15, -0.1) is 22.7 Å². The lowest BCUT2D eigenvalue weighted by atomic mass is 10.1. The van der Waals surface area contributed by atoms with Gasteiger partial charge >= 0.3 is 0 Å². The van der Waals surface area contributed by atoms with Crippen molar-refractivity contribution in [2.24, 2.45) is 0 Å². The molecule has 0 N–H and O–H groups in total. The molecule has 1 nitrogen and oxygen atoms in total. The second-order valence-corrected chi connectivity index (χ2v) is 8.22. The highest BCUT2D eigenvalue weighted by molar-refractivity contribution is 7.19. The molecular formula is C20H16FNS2. The fraction of sp³-hybridized carbons (Fsp3) is 0.150. The van der Waals surface area contributed by atoms with Gasteiger partial charge in [0, 0.05) is 16.2 Å². The Hall–Kier alpha value is -2.04. The van der Waals surface area contributed by atoms with E-state index in [4.69, 9.17) is 0 Å². The molecule has 2 aromatic heterocycles. The van der Waals surface area contributed by atoms with E-state index in [-0.39, 0.29) is 5.82 Å². The normalized spacial score (nSPS) is 11.3. The number of hydrogen-bond acceptors (Lipinski definition) is 3. The number of fused-ring (bicyclic) bond motifs is 1. The van der Waals surface area contributed by atoms with Gasteiger partial charge < -0.3 is 0 Å². The zero-order valence-corrected chi connectivity index (χ0v) is 15.1. The van der Waals surface area contributed by atoms with Gasteiger partial charge in [-0.25, -0.2) is 9.37 Å². The van der Waals surface area contributed by atoms with Crippen molar-refractivity contribution >= 4 is 32.9 Å². The highest BCUT2D eigenvalue weighted by atomic mass is 32.1. The minimum Gasteiger partial charge on any atom is -0.238 e. The molecule has 0 saturated heterocycles. The van der Waals surface area contributed by atoms with Crippen LogP contribution in [0, 0.1) is 19.7 Å². The average Bonchev–Trinajstić information content (AvgIpc) is 3.18. The Morgan fingerprint density at radius 1 is 0.958 bits per heavy atom. The summed E-state index contributed by atoms with van der Waals surface area (Å²) in [5.41, 5.74) is 4.37. The predicted molar refractivity (Wildman–Crippen MR) is 102 cm³/mol. The van der Waals surface area contributed by atoms with Crippen molar-refractivity contribution in [2.75, 3.05) is 0 Å². The largest absolute Gasteiger partial charge is 0.238 e. The van der Waals surface area contributed by atoms with E-state index >= 15 is 0 Å². The Kier molecular flexibility index (Phi) is 3.94. The number of nitrogens with zero attached hydrogens (tertiary/aromatic N) is 1. The Morgan fingerprint density at radius 3 is 2.62 bits per heavy atom. The van der Waals surface area contributed by atoms with Crippen molar-refractivity contribution in [3.05, 3.63) is 75.4 Å². The van der Waals surface area contributed by atoms with Crippen molar-refractivity contribution in [3.63, 3.8) is 0 Å². The summed E-state index contributed by atoms with van der Waals surface area (Å²) in [6.45, 7) is 4.27. The summed E-state index contributed by atoms with van der Waals surface area (Å²) < 4.78 is 14.7. The molecule has 0 unspecified atom stereocenters. The van der Waals surface area contributed by atoms with Gasteiger partial charge in [0.25, 0.3) is 0 Å². The zero-order chi connectivity index (χ0) is 16.7. The van der Waals surface area contributed by atoms with Crippen LogP contribution in [0.15, 0.2) is 48.5 Å². The van der Waals surface area contributed by atoms with Gasteiger partial charge in [-0.1, -0.05) is 24.3 Å². The minimum atomic E-state index is -0.239. The van der Waals surface area contributed by atoms with Gasteiger partial charge in [0.05, 0.1) is 9.71 Å². The lowest BCUT2D eigenvalue weighted by Crippen LogP contribution is -1.83. The van der Waals surface area contributed by atoms with E-state index in [0.29, 0.717) is 5.52 Å². The van der Waals surface area contributed by atoms with Gasteiger partial charge in [0.15, 0.2) is 0 Å². The first-order chi connectivity index (χ1) is 11.6. The Balaban J connectivity index is 1.62. The molecule has 120 valence electrons. The summed E-state index contributed by atoms with van der Waals surface area (Å²) in [7, 11) is 0. The van der Waals surface area contributed by atoms with Crippen molar-refractivity contribution in [1.82, 2.24) is 4.98 Å². The monoisotopic (exact) mass is 353 g/mol. The lowest BCUT2D eigenvalue weighted by molar-refractivity contribution is 0.637. The van der Waals surface area contributed by atoms with Gasteiger partial charge in [-0.2, -0.15) is 0 Å². The topological polar surface area (TPSA) is 12.9 Å². The highest BCUT2D eigenvalue weighted by Gasteiger charge is 2.10. The number of aromatic nitrogens is 1. The smallest absolute Gasteiger partial charge is 0.150 e. The molecule has 2 heterocycles. The number of halogens is 1. The van der Waals surface area contributed by atoms with Crippen LogP contribution < -0.4 is 0 Å². The summed E-state index contributed by atoms with van der Waals surface area (Å²) in [6.07, 6.45) is 0.758. The predicted octanol–water partition coefficient (Wildman–Crippen LogP) is 6.37. The summed E-state index contributed by atoms with van der Waals surface area (Å²) >= 11 is 3.35. The van der Waals surface area contributed by atoms with Crippen LogP contribution in [-0.2, 0) is 6.42 Å². The number of thiazole rings is 1. The van der Waals surface area contributed by atoms with Crippen LogP contribution >= 0.6 is 22.7 Å². The number of rotatable bonds is 3. The van der Waals surface area contributed by atoms with Crippen molar-refractivity contribution in [1.29, 1.82) is 0 Å². The lowest BCUT2D eigenvalue weighted by Gasteiger charge is -2.02. The number of thiophene rings is 1. The standard InChI is InChI=1S/C20H16FNS2/c1-12-6-7-14(10-13(12)2)17-9-8-15(23-17)11-19-22-20-16(21)4-3-5-18(20)24-19/h3-10H,11H2,1-2H3. The molecule has 0 spiro atoms. The Labute approximate surface area is 148 Å². The van der Waals surface area contributed by atoms with Gasteiger partial charge in [0.2, 0.25) is 0 Å². The quantitative estimate of drug-likeness (QED) is 0.417. The molecule has 0 radical (unpaired) electrons. The second kappa shape index (κ2) is 6.11. The minimum absolute atomic E-state index is 0.239. The highest BCUT2D eigenvalue weighted by Crippen LogP contribution is 2.32. The van der Waals surface area contributed by atoms with E-state index < -0.39 is 0 Å². The van der Waals surface area contributed by atoms with Crippen LogP contribution in [0.5, 0.6) is 0 Å². The molecule has 4 heteroatoms. The number of hydrogen-bond donors (Lipinski definition) is 0. The molecule has 0 fully saturated rings. The zero-order valence-electron chi connectivity index (χ0n) is 13.5. The van der Waals surface area contributed by atoms with E-state index in [0.717, 1.165) is 16.1 Å². The molecule has 0 aliphatic heterocycles. The SMILES string of the molecule is Cc1ccc(-c2ccc(Cc3nc4c(F)cccc4s3)s2)cc1C. The van der Waals surface area contributed by atoms with Crippen molar-refractivity contribution in [3.8, 4) is 10.4 Å². The number of para-hydroxylation sites is 1. The Morgan fingerprint density at radius 2 is 1.83 bits per heavy atom. The molecule has 0 amide bonds. The van der Waals surface area contributed by atoms with Crippen molar-refractivity contribution < 1.29 is 4.39 Å². The van der Waals surface area contributed by atoms with Crippen molar-refractivity contribution in [2.45, 2.75) is 20.3 Å². The number of aryl methyl sites for hydroxylation is 2. The average molecular weight is 353 g/mol. The molecular weight excluding hydrogens is 337 g/mol. The summed E-state index contributed by atoms with van der Waals surface area (Å²) in [4.78, 5) is 6.98. The van der Waals surface area contributed by atoms with E-state index in [1.165, 1.54) is 32.5 Å². The maximum atomic E-state index is 13.8. The molecule has 4 rings (SSSR count). The Bertz CT molecular complexity index is 1030. The molecule has 0 aliphatic carbocycles.